The first-order chi connectivity index (χ1) is 18.7. The molecule has 0 bridgehead atoms. The van der Waals surface area contributed by atoms with Gasteiger partial charge >= 0.3 is 5.97 Å². The van der Waals surface area contributed by atoms with Crippen LogP contribution in [0.4, 0.5) is 0 Å². The third-order valence-electron chi connectivity index (χ3n) is 7.29. The highest BCUT2D eigenvalue weighted by Gasteiger charge is 2.31. The Balaban J connectivity index is 1.76. The molecule has 1 fully saturated rings. The number of phenols is 2. The van der Waals surface area contributed by atoms with Gasteiger partial charge in [0.25, 0.3) is 0 Å². The lowest BCUT2D eigenvalue weighted by Gasteiger charge is -2.31. The second-order valence-corrected chi connectivity index (χ2v) is 10.2. The van der Waals surface area contributed by atoms with E-state index in [1.54, 1.807) is 18.2 Å². The lowest BCUT2D eigenvalue weighted by atomic mass is 9.74. The van der Waals surface area contributed by atoms with E-state index in [1.165, 1.54) is 32.6 Å². The minimum atomic E-state index is -1.17. The Morgan fingerprint density at radius 1 is 0.974 bits per heavy atom. The summed E-state index contributed by atoms with van der Waals surface area (Å²) in [5, 5.41) is 40.0. The molecule has 214 valence electrons. The molecule has 1 saturated carbocycles. The number of methoxy groups -OCH3 is 1. The number of aromatic hydroxyl groups is 2. The van der Waals surface area contributed by atoms with Crippen molar-refractivity contribution in [1.29, 1.82) is 0 Å². The van der Waals surface area contributed by atoms with Crippen LogP contribution in [0.15, 0.2) is 36.4 Å². The fourth-order valence-corrected chi connectivity index (χ4v) is 5.37. The van der Waals surface area contributed by atoms with Gasteiger partial charge in [0.2, 0.25) is 0 Å². The minimum Gasteiger partial charge on any atom is -0.504 e. The van der Waals surface area contributed by atoms with Crippen molar-refractivity contribution in [2.45, 2.75) is 76.4 Å². The molecule has 2 aromatic rings. The molecule has 9 heteroatoms. The summed E-state index contributed by atoms with van der Waals surface area (Å²) < 4.78 is 16.0. The van der Waals surface area contributed by atoms with Crippen LogP contribution in [0.5, 0.6) is 23.0 Å². The van der Waals surface area contributed by atoms with E-state index in [0.29, 0.717) is 17.2 Å². The average Bonchev–Trinajstić information content (AvgIpc) is 2.92. The van der Waals surface area contributed by atoms with Gasteiger partial charge in [-0.05, 0) is 60.1 Å². The normalized spacial score (nSPS) is 16.2. The second-order valence-electron chi connectivity index (χ2n) is 10.2. The maximum Gasteiger partial charge on any atom is 0.303 e. The molecule has 0 unspecified atom stereocenters. The summed E-state index contributed by atoms with van der Waals surface area (Å²) in [7, 11) is 1.49. The lowest BCUT2D eigenvalue weighted by Crippen LogP contribution is -2.35. The smallest absolute Gasteiger partial charge is 0.303 e. The third-order valence-corrected chi connectivity index (χ3v) is 7.29. The molecule has 1 aliphatic carbocycles. The number of hydrogen-bond acceptors (Lipinski definition) is 9. The zero-order valence-corrected chi connectivity index (χ0v) is 22.7. The van der Waals surface area contributed by atoms with E-state index in [9.17, 15) is 24.9 Å². The van der Waals surface area contributed by atoms with Crippen molar-refractivity contribution < 1.29 is 44.2 Å². The van der Waals surface area contributed by atoms with Gasteiger partial charge in [-0.1, -0.05) is 31.4 Å². The second kappa shape index (κ2) is 14.7. The first-order valence-corrected chi connectivity index (χ1v) is 13.5. The summed E-state index contributed by atoms with van der Waals surface area (Å²) in [5.74, 6) is -0.0924. The highest BCUT2D eigenvalue weighted by Crippen LogP contribution is 2.41. The lowest BCUT2D eigenvalue weighted by molar-refractivity contribution is -0.154. The molecule has 3 atom stereocenters. The van der Waals surface area contributed by atoms with Crippen molar-refractivity contribution in [1.82, 2.24) is 0 Å². The average molecular weight is 545 g/mol. The molecule has 1 aliphatic rings. The Morgan fingerprint density at radius 3 is 2.33 bits per heavy atom. The Kier molecular flexibility index (Phi) is 11.4. The molecule has 0 radical (unpaired) electrons. The van der Waals surface area contributed by atoms with Gasteiger partial charge in [0.15, 0.2) is 23.0 Å². The quantitative estimate of drug-likeness (QED) is 0.259. The number of carbonyl (C=O) groups is 2. The predicted molar refractivity (Wildman–Crippen MR) is 144 cm³/mol. The Bertz CT molecular complexity index is 1090. The van der Waals surface area contributed by atoms with Crippen LogP contribution in [-0.2, 0) is 20.7 Å². The summed E-state index contributed by atoms with van der Waals surface area (Å²) in [6.07, 6.45) is 3.25. The first-order valence-electron chi connectivity index (χ1n) is 13.5. The van der Waals surface area contributed by atoms with Crippen molar-refractivity contribution in [3.05, 3.63) is 47.5 Å². The Morgan fingerprint density at radius 2 is 1.67 bits per heavy atom. The summed E-state index contributed by atoms with van der Waals surface area (Å²) in [6.45, 7) is 1.01. The molecule has 0 saturated heterocycles. The number of aliphatic hydroxyl groups is 2. The fourth-order valence-electron chi connectivity index (χ4n) is 5.37. The number of hydrogen-bond donors (Lipinski definition) is 4. The summed E-state index contributed by atoms with van der Waals surface area (Å²) in [4.78, 5) is 25.2. The van der Waals surface area contributed by atoms with E-state index in [-0.39, 0.29) is 61.4 Å². The maximum absolute atomic E-state index is 13.4. The van der Waals surface area contributed by atoms with Gasteiger partial charge in [-0.25, -0.2) is 0 Å². The molecule has 0 aromatic heterocycles. The standard InChI is InChI=1S/C30H40O9/c1-19(32)39-30(27(36)14-20-8-10-26(35)29(15-20)38-13-12-31)18-23(33)17-24(21-6-4-3-5-7-21)22-9-11-25(34)28(16-22)37-2/h8-11,15-16,21,24,27,30-31,34-36H,3-7,12-14,17-18H2,1-2H3/t24-,27-,30+/m1/s1. The molecule has 4 N–H and O–H groups in total. The van der Waals surface area contributed by atoms with Crippen LogP contribution in [0, 0.1) is 5.92 Å². The van der Waals surface area contributed by atoms with Crippen LogP contribution in [0.1, 0.15) is 68.9 Å². The fraction of sp³-hybridized carbons (Fsp3) is 0.533. The van der Waals surface area contributed by atoms with Crippen LogP contribution >= 0.6 is 0 Å². The molecule has 0 aliphatic heterocycles. The van der Waals surface area contributed by atoms with Gasteiger partial charge < -0.3 is 34.6 Å². The minimum absolute atomic E-state index is 0.000786. The van der Waals surface area contributed by atoms with Crippen molar-refractivity contribution in [3.8, 4) is 23.0 Å². The maximum atomic E-state index is 13.4. The van der Waals surface area contributed by atoms with Crippen molar-refractivity contribution in [2.24, 2.45) is 5.92 Å². The number of esters is 1. The van der Waals surface area contributed by atoms with E-state index in [1.807, 2.05) is 6.07 Å². The van der Waals surface area contributed by atoms with Gasteiger partial charge in [-0.3, -0.25) is 9.59 Å². The van der Waals surface area contributed by atoms with Crippen molar-refractivity contribution in [2.75, 3.05) is 20.3 Å². The number of carbonyl (C=O) groups excluding carboxylic acids is 2. The third kappa shape index (κ3) is 8.86. The molecule has 9 nitrogen and oxygen atoms in total. The number of Topliss-reactive ketones (excluding diaryl/α,β-unsaturated/α-hetero) is 1. The predicted octanol–water partition coefficient (Wildman–Crippen LogP) is 4.03. The van der Waals surface area contributed by atoms with Crippen molar-refractivity contribution in [3.63, 3.8) is 0 Å². The molecule has 0 heterocycles. The van der Waals surface area contributed by atoms with Gasteiger partial charge in [0.1, 0.15) is 18.5 Å². The molecular formula is C30H40O9. The molecule has 39 heavy (non-hydrogen) atoms. The SMILES string of the molecule is COc1cc([C@H](CC(=O)C[C@H](OC(C)=O)[C@H](O)Cc2ccc(O)c(OCCO)c2)C2CCCCC2)ccc1O. The Hall–Kier alpha value is -3.30. The number of aliphatic hydroxyl groups excluding tert-OH is 2. The summed E-state index contributed by atoms with van der Waals surface area (Å²) in [5.41, 5.74) is 1.52. The highest BCUT2D eigenvalue weighted by molar-refractivity contribution is 5.80. The van der Waals surface area contributed by atoms with Crippen LogP contribution in [0.3, 0.4) is 0 Å². The number of phenolic OH excluding ortho intramolecular Hbond substituents is 2. The van der Waals surface area contributed by atoms with Crippen molar-refractivity contribution >= 4 is 11.8 Å². The summed E-state index contributed by atoms with van der Waals surface area (Å²) >= 11 is 0. The largest absolute Gasteiger partial charge is 0.504 e. The van der Waals surface area contributed by atoms with E-state index in [4.69, 9.17) is 19.3 Å². The zero-order chi connectivity index (χ0) is 28.4. The number of ketones is 1. The number of benzene rings is 2. The number of rotatable bonds is 14. The van der Waals surface area contributed by atoms with Crippen LogP contribution in [0.25, 0.3) is 0 Å². The monoisotopic (exact) mass is 544 g/mol. The van der Waals surface area contributed by atoms with E-state index in [2.05, 4.69) is 0 Å². The number of ether oxygens (including phenoxy) is 3. The first kappa shape index (κ1) is 30.2. The van der Waals surface area contributed by atoms with E-state index in [0.717, 1.165) is 31.2 Å². The molecule has 0 spiro atoms. The Labute approximate surface area is 229 Å². The molecular weight excluding hydrogens is 504 g/mol. The summed E-state index contributed by atoms with van der Waals surface area (Å²) in [6, 6.07) is 9.75. The van der Waals surface area contributed by atoms with Crippen LogP contribution in [0.2, 0.25) is 0 Å². The van der Waals surface area contributed by atoms with Gasteiger partial charge in [-0.2, -0.15) is 0 Å². The molecule has 3 rings (SSSR count). The topological polar surface area (TPSA) is 143 Å². The zero-order valence-electron chi connectivity index (χ0n) is 22.7. The van der Waals surface area contributed by atoms with Gasteiger partial charge in [-0.15, -0.1) is 0 Å². The molecule has 0 amide bonds. The van der Waals surface area contributed by atoms with Crippen LogP contribution in [-0.4, -0.2) is 64.7 Å². The highest BCUT2D eigenvalue weighted by atomic mass is 16.6. The van der Waals surface area contributed by atoms with Crippen LogP contribution < -0.4 is 9.47 Å². The van der Waals surface area contributed by atoms with Gasteiger partial charge in [0, 0.05) is 26.2 Å². The molecule has 2 aromatic carbocycles. The van der Waals surface area contributed by atoms with Gasteiger partial charge in [0.05, 0.1) is 19.8 Å². The van der Waals surface area contributed by atoms with E-state index < -0.39 is 18.2 Å². The van der Waals surface area contributed by atoms with E-state index >= 15 is 0 Å².